The highest BCUT2D eigenvalue weighted by molar-refractivity contribution is 5.72. The van der Waals surface area contributed by atoms with Gasteiger partial charge in [-0.1, -0.05) is 0 Å². The summed E-state index contributed by atoms with van der Waals surface area (Å²) >= 11 is 0. The summed E-state index contributed by atoms with van der Waals surface area (Å²) < 4.78 is 6.59. The third-order valence-electron chi connectivity index (χ3n) is 2.34. The summed E-state index contributed by atoms with van der Waals surface area (Å²) in [6.45, 7) is 5.32. The molecule has 0 spiro atoms. The molecule has 2 aromatic heterocycles. The SMILES string of the molecule is CC(C)(C)OC(=O)Cc1cnc(-n2cccn2)[nH]c1=O. The topological polar surface area (TPSA) is 89.9 Å². The van der Waals surface area contributed by atoms with Crippen molar-refractivity contribution in [3.05, 3.63) is 40.6 Å². The van der Waals surface area contributed by atoms with Crippen LogP contribution in [0.1, 0.15) is 26.3 Å². The fourth-order valence-corrected chi connectivity index (χ4v) is 1.58. The van der Waals surface area contributed by atoms with Crippen molar-refractivity contribution in [2.75, 3.05) is 0 Å². The van der Waals surface area contributed by atoms with Gasteiger partial charge >= 0.3 is 5.97 Å². The van der Waals surface area contributed by atoms with E-state index < -0.39 is 11.6 Å². The molecule has 0 aliphatic carbocycles. The van der Waals surface area contributed by atoms with Gasteiger partial charge in [0.2, 0.25) is 5.95 Å². The highest BCUT2D eigenvalue weighted by Gasteiger charge is 2.18. The van der Waals surface area contributed by atoms with Crippen molar-refractivity contribution >= 4 is 5.97 Å². The van der Waals surface area contributed by atoms with E-state index in [1.807, 2.05) is 0 Å². The van der Waals surface area contributed by atoms with E-state index in [9.17, 15) is 9.59 Å². The molecule has 7 heteroatoms. The van der Waals surface area contributed by atoms with Crippen LogP contribution in [-0.2, 0) is 16.0 Å². The van der Waals surface area contributed by atoms with Crippen molar-refractivity contribution in [3.63, 3.8) is 0 Å². The predicted molar refractivity (Wildman–Crippen MR) is 71.5 cm³/mol. The molecule has 0 saturated carbocycles. The predicted octanol–water partition coefficient (Wildman–Crippen LogP) is 0.840. The van der Waals surface area contributed by atoms with Crippen molar-refractivity contribution in [2.24, 2.45) is 0 Å². The smallest absolute Gasteiger partial charge is 0.311 e. The lowest BCUT2D eigenvalue weighted by Gasteiger charge is -2.19. The van der Waals surface area contributed by atoms with E-state index in [2.05, 4.69) is 15.1 Å². The van der Waals surface area contributed by atoms with Crippen molar-refractivity contribution in [1.82, 2.24) is 19.7 Å². The van der Waals surface area contributed by atoms with E-state index in [0.29, 0.717) is 5.95 Å². The summed E-state index contributed by atoms with van der Waals surface area (Å²) in [4.78, 5) is 30.2. The minimum Gasteiger partial charge on any atom is -0.460 e. The van der Waals surface area contributed by atoms with Crippen LogP contribution in [0.3, 0.4) is 0 Å². The van der Waals surface area contributed by atoms with Gasteiger partial charge in [-0.3, -0.25) is 14.6 Å². The zero-order valence-electron chi connectivity index (χ0n) is 11.6. The maximum atomic E-state index is 11.9. The summed E-state index contributed by atoms with van der Waals surface area (Å²) in [6, 6.07) is 1.72. The van der Waals surface area contributed by atoms with Gasteiger partial charge in [0, 0.05) is 24.2 Å². The second-order valence-electron chi connectivity index (χ2n) is 5.28. The van der Waals surface area contributed by atoms with Crippen molar-refractivity contribution < 1.29 is 9.53 Å². The lowest BCUT2D eigenvalue weighted by atomic mass is 10.2. The zero-order valence-corrected chi connectivity index (χ0v) is 11.6. The number of aromatic amines is 1. The van der Waals surface area contributed by atoms with Gasteiger partial charge in [-0.25, -0.2) is 9.67 Å². The van der Waals surface area contributed by atoms with Crippen LogP contribution in [0, 0.1) is 0 Å². The molecule has 0 amide bonds. The summed E-state index contributed by atoms with van der Waals surface area (Å²) in [7, 11) is 0. The maximum absolute atomic E-state index is 11.9. The molecule has 2 heterocycles. The fraction of sp³-hybridized carbons (Fsp3) is 0.385. The van der Waals surface area contributed by atoms with Crippen LogP contribution in [0.25, 0.3) is 5.95 Å². The van der Waals surface area contributed by atoms with E-state index in [1.165, 1.54) is 10.9 Å². The Bertz CT molecular complexity index is 653. The highest BCUT2D eigenvalue weighted by Crippen LogP contribution is 2.08. The maximum Gasteiger partial charge on any atom is 0.311 e. The Balaban J connectivity index is 2.15. The Kier molecular flexibility index (Phi) is 3.69. The van der Waals surface area contributed by atoms with Crippen LogP contribution in [0.2, 0.25) is 0 Å². The summed E-state index contributed by atoms with van der Waals surface area (Å²) in [5, 5.41) is 3.96. The third kappa shape index (κ3) is 3.53. The average molecular weight is 276 g/mol. The average Bonchev–Trinajstić information content (AvgIpc) is 2.82. The molecule has 7 nitrogen and oxygen atoms in total. The monoisotopic (exact) mass is 276 g/mol. The third-order valence-corrected chi connectivity index (χ3v) is 2.34. The Morgan fingerprint density at radius 2 is 2.20 bits per heavy atom. The Morgan fingerprint density at radius 1 is 1.45 bits per heavy atom. The molecule has 0 aliphatic rings. The molecule has 0 aliphatic heterocycles. The van der Waals surface area contributed by atoms with Crippen molar-refractivity contribution in [2.45, 2.75) is 32.8 Å². The summed E-state index contributed by atoms with van der Waals surface area (Å²) in [5.74, 6) is -0.162. The van der Waals surface area contributed by atoms with Gasteiger partial charge in [0.25, 0.3) is 5.56 Å². The highest BCUT2D eigenvalue weighted by atomic mass is 16.6. The van der Waals surface area contributed by atoms with E-state index in [-0.39, 0.29) is 17.5 Å². The molecular weight excluding hydrogens is 260 g/mol. The molecule has 0 atom stereocenters. The summed E-state index contributed by atoms with van der Waals surface area (Å²) in [6.07, 6.45) is 4.49. The second kappa shape index (κ2) is 5.28. The molecule has 0 fully saturated rings. The molecule has 2 rings (SSSR count). The largest absolute Gasteiger partial charge is 0.460 e. The molecule has 0 aromatic carbocycles. The van der Waals surface area contributed by atoms with Gasteiger partial charge in [0.05, 0.1) is 6.42 Å². The minimum atomic E-state index is -0.577. The molecule has 0 bridgehead atoms. The standard InChI is InChI=1S/C13H16N4O3/c1-13(2,3)20-10(18)7-9-8-14-12(16-11(9)19)17-6-4-5-15-17/h4-6,8H,7H2,1-3H3,(H,14,16,19). The quantitative estimate of drug-likeness (QED) is 0.839. The first-order chi connectivity index (χ1) is 9.35. The number of hydrogen-bond donors (Lipinski definition) is 1. The molecule has 0 saturated heterocycles. The minimum absolute atomic E-state index is 0.112. The number of H-pyrrole nitrogens is 1. The van der Waals surface area contributed by atoms with Gasteiger partial charge in [-0.15, -0.1) is 0 Å². The lowest BCUT2D eigenvalue weighted by molar-refractivity contribution is -0.153. The molecule has 0 radical (unpaired) electrons. The van der Waals surface area contributed by atoms with E-state index in [4.69, 9.17) is 4.74 Å². The van der Waals surface area contributed by atoms with Gasteiger partial charge in [0.15, 0.2) is 0 Å². The van der Waals surface area contributed by atoms with E-state index >= 15 is 0 Å². The van der Waals surface area contributed by atoms with Crippen LogP contribution in [0.5, 0.6) is 0 Å². The zero-order chi connectivity index (χ0) is 14.8. The van der Waals surface area contributed by atoms with E-state index in [0.717, 1.165) is 0 Å². The molecule has 106 valence electrons. The molecular formula is C13H16N4O3. The lowest BCUT2D eigenvalue weighted by Crippen LogP contribution is -2.27. The van der Waals surface area contributed by atoms with Crippen LogP contribution >= 0.6 is 0 Å². The Labute approximate surface area is 115 Å². The van der Waals surface area contributed by atoms with Crippen LogP contribution in [0.15, 0.2) is 29.5 Å². The number of hydrogen-bond acceptors (Lipinski definition) is 5. The first-order valence-corrected chi connectivity index (χ1v) is 6.15. The molecule has 0 unspecified atom stereocenters. The number of ether oxygens (including phenoxy) is 1. The number of esters is 1. The first-order valence-electron chi connectivity index (χ1n) is 6.15. The number of nitrogens with zero attached hydrogens (tertiary/aromatic N) is 3. The van der Waals surface area contributed by atoms with Gasteiger partial charge in [-0.2, -0.15) is 5.10 Å². The number of carbonyl (C=O) groups excluding carboxylic acids is 1. The number of aromatic nitrogens is 4. The van der Waals surface area contributed by atoms with E-state index in [1.54, 1.807) is 39.2 Å². The molecule has 20 heavy (non-hydrogen) atoms. The molecule has 1 N–H and O–H groups in total. The summed E-state index contributed by atoms with van der Waals surface area (Å²) in [5.41, 5.74) is -0.696. The Morgan fingerprint density at radius 3 is 2.75 bits per heavy atom. The van der Waals surface area contributed by atoms with Gasteiger partial charge in [0.1, 0.15) is 5.60 Å². The van der Waals surface area contributed by atoms with Crippen LogP contribution in [0.4, 0.5) is 0 Å². The number of rotatable bonds is 3. The molecule has 2 aromatic rings. The first kappa shape index (κ1) is 14.0. The van der Waals surface area contributed by atoms with Gasteiger partial charge < -0.3 is 4.74 Å². The van der Waals surface area contributed by atoms with Crippen molar-refractivity contribution in [3.8, 4) is 5.95 Å². The number of carbonyl (C=O) groups is 1. The number of nitrogens with one attached hydrogen (secondary N) is 1. The van der Waals surface area contributed by atoms with Crippen molar-refractivity contribution in [1.29, 1.82) is 0 Å². The second-order valence-corrected chi connectivity index (χ2v) is 5.28. The van der Waals surface area contributed by atoms with Gasteiger partial charge in [-0.05, 0) is 26.8 Å². The normalized spacial score (nSPS) is 11.3. The van der Waals surface area contributed by atoms with Crippen LogP contribution in [-0.4, -0.2) is 31.3 Å². The fourth-order valence-electron chi connectivity index (χ4n) is 1.58. The van der Waals surface area contributed by atoms with Crippen LogP contribution < -0.4 is 5.56 Å². The Hall–Kier alpha value is -2.44.